The van der Waals surface area contributed by atoms with E-state index in [0.717, 1.165) is 23.1 Å². The van der Waals surface area contributed by atoms with E-state index < -0.39 is 0 Å². The van der Waals surface area contributed by atoms with Crippen molar-refractivity contribution in [3.05, 3.63) is 39.9 Å². The van der Waals surface area contributed by atoms with Gasteiger partial charge in [-0.15, -0.1) is 0 Å². The molecule has 2 aliphatic rings. The third-order valence-corrected chi connectivity index (χ3v) is 8.00. The molecule has 2 aromatic carbocycles. The lowest BCUT2D eigenvalue weighted by atomic mass is 9.66. The van der Waals surface area contributed by atoms with Crippen LogP contribution in [0, 0.1) is 5.41 Å². The normalized spacial score (nSPS) is 29.5. The van der Waals surface area contributed by atoms with Gasteiger partial charge in [0.25, 0.3) is 0 Å². The molecule has 4 heteroatoms. The molecule has 2 nitrogen and oxygen atoms in total. The van der Waals surface area contributed by atoms with Gasteiger partial charge >= 0.3 is 0 Å². The Balaban J connectivity index is 1.98. The van der Waals surface area contributed by atoms with E-state index in [1.165, 1.54) is 21.9 Å². The summed E-state index contributed by atoms with van der Waals surface area (Å²) < 4.78 is 6.52. The number of fused-ring (bicyclic) bond motifs is 5. The topological polar surface area (TPSA) is 26.3 Å². The molecule has 23 heavy (non-hydrogen) atoms. The molecule has 120 valence electrons. The second kappa shape index (κ2) is 5.32. The number of Topliss-reactive ketones (excluding diaryl/α,β-unsaturated/α-hetero) is 1. The van der Waals surface area contributed by atoms with E-state index >= 15 is 0 Å². The van der Waals surface area contributed by atoms with Crippen LogP contribution in [0.3, 0.4) is 0 Å². The first-order valence-electron chi connectivity index (χ1n) is 7.91. The molecule has 0 spiro atoms. The lowest BCUT2D eigenvalue weighted by Crippen LogP contribution is -2.33. The molecule has 0 amide bonds. The molecular weight excluding hydrogens is 420 g/mol. The van der Waals surface area contributed by atoms with Crippen molar-refractivity contribution in [1.82, 2.24) is 0 Å². The highest BCUT2D eigenvalue weighted by Crippen LogP contribution is 2.58. The first-order chi connectivity index (χ1) is 11.0. The summed E-state index contributed by atoms with van der Waals surface area (Å²) in [5, 5.41) is 2.47. The van der Waals surface area contributed by atoms with Crippen LogP contribution in [0.5, 0.6) is 5.75 Å². The van der Waals surface area contributed by atoms with E-state index in [1.54, 1.807) is 7.11 Å². The number of alkyl halides is 1. The minimum atomic E-state index is -0.0204. The largest absolute Gasteiger partial charge is 0.497 e. The molecule has 0 aromatic heterocycles. The fourth-order valence-electron chi connectivity index (χ4n) is 4.40. The van der Waals surface area contributed by atoms with Gasteiger partial charge in [0.1, 0.15) is 11.5 Å². The maximum atomic E-state index is 12.3. The Morgan fingerprint density at radius 2 is 2.04 bits per heavy atom. The zero-order chi connectivity index (χ0) is 16.4. The monoisotopic (exact) mass is 436 g/mol. The summed E-state index contributed by atoms with van der Waals surface area (Å²) in [4.78, 5) is 12.3. The number of ether oxygens (including phenoxy) is 1. The van der Waals surface area contributed by atoms with Crippen LogP contribution >= 0.6 is 31.9 Å². The molecule has 2 aromatic rings. The minimum Gasteiger partial charge on any atom is -0.497 e. The van der Waals surface area contributed by atoms with Gasteiger partial charge in [0, 0.05) is 10.9 Å². The predicted molar refractivity (Wildman–Crippen MR) is 99.7 cm³/mol. The number of benzene rings is 2. The molecule has 0 N–H and O–H groups in total. The van der Waals surface area contributed by atoms with Gasteiger partial charge in [0.2, 0.25) is 0 Å². The number of hydrogen-bond donors (Lipinski definition) is 0. The summed E-state index contributed by atoms with van der Waals surface area (Å²) in [6.45, 7) is 2.26. The molecule has 1 fully saturated rings. The number of carbonyl (C=O) groups is 1. The summed E-state index contributed by atoms with van der Waals surface area (Å²) in [7, 11) is 1.70. The molecule has 0 heterocycles. The van der Waals surface area contributed by atoms with Crippen molar-refractivity contribution in [1.29, 1.82) is 0 Å². The van der Waals surface area contributed by atoms with Crippen molar-refractivity contribution in [2.45, 2.75) is 36.9 Å². The Bertz CT molecular complexity index is 830. The van der Waals surface area contributed by atoms with Gasteiger partial charge in [-0.2, -0.15) is 0 Å². The van der Waals surface area contributed by atoms with Crippen LogP contribution in [-0.4, -0.2) is 17.7 Å². The molecule has 0 bridgehead atoms. The zero-order valence-electron chi connectivity index (χ0n) is 13.2. The fourth-order valence-corrected chi connectivity index (χ4v) is 5.73. The predicted octanol–water partition coefficient (Wildman–Crippen LogP) is 5.38. The molecule has 0 unspecified atom stereocenters. The smallest absolute Gasteiger partial charge is 0.147 e. The van der Waals surface area contributed by atoms with Crippen LogP contribution in [0.25, 0.3) is 10.8 Å². The Morgan fingerprint density at radius 3 is 2.78 bits per heavy atom. The summed E-state index contributed by atoms with van der Waals surface area (Å²) >= 11 is 7.39. The van der Waals surface area contributed by atoms with Crippen molar-refractivity contribution in [2.75, 3.05) is 7.11 Å². The number of aryl methyl sites for hydroxylation is 1. The highest BCUT2D eigenvalue weighted by atomic mass is 79.9. The molecule has 2 aliphatic carbocycles. The molecule has 3 atom stereocenters. The van der Waals surface area contributed by atoms with Crippen LogP contribution in [0.2, 0.25) is 0 Å². The molecule has 0 aliphatic heterocycles. The third-order valence-electron chi connectivity index (χ3n) is 5.79. The van der Waals surface area contributed by atoms with Gasteiger partial charge in [-0.3, -0.25) is 4.79 Å². The Kier molecular flexibility index (Phi) is 3.62. The highest BCUT2D eigenvalue weighted by Gasteiger charge is 2.53. The maximum Gasteiger partial charge on any atom is 0.147 e. The van der Waals surface area contributed by atoms with Crippen molar-refractivity contribution >= 4 is 48.4 Å². The first-order valence-corrected chi connectivity index (χ1v) is 9.62. The third kappa shape index (κ3) is 2.14. The average molecular weight is 438 g/mol. The van der Waals surface area contributed by atoms with Gasteiger partial charge in [-0.25, -0.2) is 0 Å². The lowest BCUT2D eigenvalue weighted by Gasteiger charge is -2.39. The van der Waals surface area contributed by atoms with Gasteiger partial charge in [-0.05, 0) is 70.3 Å². The van der Waals surface area contributed by atoms with E-state index in [2.05, 4.69) is 57.0 Å². The quantitative estimate of drug-likeness (QED) is 0.559. The van der Waals surface area contributed by atoms with Crippen LogP contribution < -0.4 is 4.74 Å². The van der Waals surface area contributed by atoms with Gasteiger partial charge in [0.05, 0.1) is 11.9 Å². The SMILES string of the molecule is COc1ccc2c(Br)cc3c(c2c1)CC[C@]1(C)[C@H](Br)C(=O)C[C@@H]31. The molecule has 1 saturated carbocycles. The summed E-state index contributed by atoms with van der Waals surface area (Å²) in [5.74, 6) is 1.52. The second-order valence-corrected chi connectivity index (χ2v) is 8.70. The van der Waals surface area contributed by atoms with E-state index in [1.807, 2.05) is 6.07 Å². The molecule has 0 radical (unpaired) electrons. The second-order valence-electron chi connectivity index (χ2n) is 6.93. The van der Waals surface area contributed by atoms with Crippen LogP contribution in [-0.2, 0) is 11.2 Å². The van der Waals surface area contributed by atoms with E-state index in [4.69, 9.17) is 4.74 Å². The summed E-state index contributed by atoms with van der Waals surface area (Å²) in [6, 6.07) is 8.48. The number of methoxy groups -OCH3 is 1. The number of halogens is 2. The lowest BCUT2D eigenvalue weighted by molar-refractivity contribution is -0.117. The standard InChI is InChI=1S/C19H18Br2O2/c1-19-6-5-11-13-7-10(23-2)3-4-12(13)16(20)8-14(11)15(19)9-17(22)18(19)21/h3-4,7-8,15,18H,5-6,9H2,1-2H3/t15-,18+,19-/m0/s1. The molecule has 4 rings (SSSR count). The fraction of sp³-hybridized carbons (Fsp3) is 0.421. The minimum absolute atomic E-state index is 0.0204. The Hall–Kier alpha value is -0.870. The average Bonchev–Trinajstić information content (AvgIpc) is 2.78. The Morgan fingerprint density at radius 1 is 1.26 bits per heavy atom. The van der Waals surface area contributed by atoms with Crippen LogP contribution in [0.1, 0.15) is 36.8 Å². The van der Waals surface area contributed by atoms with Gasteiger partial charge in [-0.1, -0.05) is 38.8 Å². The number of rotatable bonds is 1. The first kappa shape index (κ1) is 15.6. The van der Waals surface area contributed by atoms with Crippen molar-refractivity contribution in [2.24, 2.45) is 5.41 Å². The molecule has 0 saturated heterocycles. The van der Waals surface area contributed by atoms with Crippen LogP contribution in [0.15, 0.2) is 28.7 Å². The van der Waals surface area contributed by atoms with Crippen molar-refractivity contribution < 1.29 is 9.53 Å². The number of hydrogen-bond acceptors (Lipinski definition) is 2. The van der Waals surface area contributed by atoms with Gasteiger partial charge < -0.3 is 4.74 Å². The Labute approximate surface area is 152 Å². The summed E-state index contributed by atoms with van der Waals surface area (Å²) in [6.07, 6.45) is 2.69. The summed E-state index contributed by atoms with van der Waals surface area (Å²) in [5.41, 5.74) is 2.75. The molecular formula is C19H18Br2O2. The van der Waals surface area contributed by atoms with Crippen molar-refractivity contribution in [3.8, 4) is 5.75 Å². The zero-order valence-corrected chi connectivity index (χ0v) is 16.3. The highest BCUT2D eigenvalue weighted by molar-refractivity contribution is 9.10. The number of ketones is 1. The van der Waals surface area contributed by atoms with E-state index in [0.29, 0.717) is 18.1 Å². The van der Waals surface area contributed by atoms with Crippen molar-refractivity contribution in [3.63, 3.8) is 0 Å². The van der Waals surface area contributed by atoms with Gasteiger partial charge in [0.15, 0.2) is 0 Å². The van der Waals surface area contributed by atoms with E-state index in [9.17, 15) is 4.79 Å². The van der Waals surface area contributed by atoms with Crippen LogP contribution in [0.4, 0.5) is 0 Å². The maximum absolute atomic E-state index is 12.3. The van der Waals surface area contributed by atoms with E-state index in [-0.39, 0.29) is 10.2 Å². The number of carbonyl (C=O) groups excluding carboxylic acids is 1.